The third-order valence-corrected chi connectivity index (χ3v) is 4.54. The van der Waals surface area contributed by atoms with Gasteiger partial charge >= 0.3 is 0 Å². The van der Waals surface area contributed by atoms with E-state index in [9.17, 15) is 9.59 Å². The van der Waals surface area contributed by atoms with Crippen molar-refractivity contribution < 1.29 is 14.3 Å². The molecule has 1 N–H and O–H groups in total. The second-order valence-electron chi connectivity index (χ2n) is 5.64. The normalized spacial score (nSPS) is 20.7. The number of hydrogen-bond donors (Lipinski definition) is 1. The summed E-state index contributed by atoms with van der Waals surface area (Å²) in [5.41, 5.74) is 2.75. The minimum absolute atomic E-state index is 0.143. The highest BCUT2D eigenvalue weighted by atomic mass is 32.1. The standard InChI is InChI=1S/C16H19N3O4S/c1-19-4-2-11(6-15(19)20)16(21)18-13-8-22-5-3-14(13)23-7-12-9-24-10-17-12/h2,4,6,9-10,13-14H,3,5,7-8H2,1H3,(H,18,21)/t13-,14+/m1/s1. The molecule has 0 aromatic carbocycles. The highest BCUT2D eigenvalue weighted by molar-refractivity contribution is 7.07. The minimum Gasteiger partial charge on any atom is -0.379 e. The number of rotatable bonds is 5. The average Bonchev–Trinajstić information content (AvgIpc) is 3.10. The van der Waals surface area contributed by atoms with Crippen molar-refractivity contribution >= 4 is 17.2 Å². The van der Waals surface area contributed by atoms with Crippen LogP contribution in [0.5, 0.6) is 0 Å². The molecule has 1 aliphatic rings. The van der Waals surface area contributed by atoms with Crippen LogP contribution in [0.3, 0.4) is 0 Å². The number of pyridine rings is 1. The summed E-state index contributed by atoms with van der Waals surface area (Å²) in [6.07, 6.45) is 2.13. The summed E-state index contributed by atoms with van der Waals surface area (Å²) < 4.78 is 12.8. The van der Waals surface area contributed by atoms with Gasteiger partial charge in [0.25, 0.3) is 11.5 Å². The average molecular weight is 349 g/mol. The van der Waals surface area contributed by atoms with Gasteiger partial charge in [-0.1, -0.05) is 0 Å². The highest BCUT2D eigenvalue weighted by Crippen LogP contribution is 2.15. The maximum Gasteiger partial charge on any atom is 0.251 e. The second-order valence-corrected chi connectivity index (χ2v) is 6.36. The topological polar surface area (TPSA) is 82.5 Å². The third kappa shape index (κ3) is 4.08. The van der Waals surface area contributed by atoms with Crippen molar-refractivity contribution in [2.45, 2.75) is 25.2 Å². The Balaban J connectivity index is 1.63. The van der Waals surface area contributed by atoms with Crippen molar-refractivity contribution in [1.29, 1.82) is 0 Å². The fraction of sp³-hybridized carbons (Fsp3) is 0.438. The number of amides is 1. The summed E-state index contributed by atoms with van der Waals surface area (Å²) in [6.45, 7) is 1.39. The Morgan fingerprint density at radius 2 is 2.46 bits per heavy atom. The Labute approximate surface area is 143 Å². The van der Waals surface area contributed by atoms with Crippen LogP contribution in [0.25, 0.3) is 0 Å². The number of aromatic nitrogens is 2. The van der Waals surface area contributed by atoms with Gasteiger partial charge in [0.15, 0.2) is 0 Å². The SMILES string of the molecule is Cn1ccc(C(=O)N[C@@H]2COCC[C@@H]2OCc2cscn2)cc1=O. The number of ether oxygens (including phenoxy) is 2. The Morgan fingerprint density at radius 1 is 1.58 bits per heavy atom. The van der Waals surface area contributed by atoms with E-state index in [0.29, 0.717) is 31.8 Å². The fourth-order valence-electron chi connectivity index (χ4n) is 2.50. The first-order valence-electron chi connectivity index (χ1n) is 7.67. The van der Waals surface area contributed by atoms with Crippen molar-refractivity contribution in [2.24, 2.45) is 7.05 Å². The van der Waals surface area contributed by atoms with Gasteiger partial charge in [-0.15, -0.1) is 11.3 Å². The van der Waals surface area contributed by atoms with E-state index in [0.717, 1.165) is 5.69 Å². The number of thiazole rings is 1. The van der Waals surface area contributed by atoms with Crippen LogP contribution in [0.15, 0.2) is 34.0 Å². The minimum atomic E-state index is -0.301. The molecule has 0 aliphatic carbocycles. The van der Waals surface area contributed by atoms with E-state index < -0.39 is 0 Å². The molecule has 1 amide bonds. The summed E-state index contributed by atoms with van der Waals surface area (Å²) in [4.78, 5) is 28.2. The largest absolute Gasteiger partial charge is 0.379 e. The van der Waals surface area contributed by atoms with Gasteiger partial charge in [0.05, 0.1) is 36.6 Å². The summed E-state index contributed by atoms with van der Waals surface area (Å²) in [6, 6.07) is 2.68. The van der Waals surface area contributed by atoms with E-state index in [1.54, 1.807) is 24.8 Å². The quantitative estimate of drug-likeness (QED) is 0.869. The van der Waals surface area contributed by atoms with Crippen LogP contribution >= 0.6 is 11.3 Å². The van der Waals surface area contributed by atoms with Gasteiger partial charge < -0.3 is 19.4 Å². The second kappa shape index (κ2) is 7.69. The number of aryl methyl sites for hydroxylation is 1. The number of nitrogens with one attached hydrogen (secondary N) is 1. The molecule has 3 rings (SSSR count). The zero-order valence-corrected chi connectivity index (χ0v) is 14.1. The summed E-state index contributed by atoms with van der Waals surface area (Å²) in [7, 11) is 1.64. The van der Waals surface area contributed by atoms with Crippen LogP contribution in [0, 0.1) is 0 Å². The molecule has 0 bridgehead atoms. The zero-order valence-electron chi connectivity index (χ0n) is 13.3. The van der Waals surface area contributed by atoms with Crippen LogP contribution in [0.2, 0.25) is 0 Å². The lowest BCUT2D eigenvalue weighted by Gasteiger charge is -2.32. The molecule has 1 fully saturated rings. The van der Waals surface area contributed by atoms with Gasteiger partial charge in [-0.2, -0.15) is 0 Å². The smallest absolute Gasteiger partial charge is 0.251 e. The summed E-state index contributed by atoms with van der Waals surface area (Å²) in [5.74, 6) is -0.301. The first kappa shape index (κ1) is 16.8. The predicted molar refractivity (Wildman–Crippen MR) is 89.1 cm³/mol. The summed E-state index contributed by atoms with van der Waals surface area (Å²) in [5, 5.41) is 4.84. The maximum absolute atomic E-state index is 12.4. The molecule has 2 atom stereocenters. The van der Waals surface area contributed by atoms with Crippen molar-refractivity contribution in [3.05, 3.63) is 50.8 Å². The number of carbonyl (C=O) groups is 1. The van der Waals surface area contributed by atoms with E-state index in [2.05, 4.69) is 10.3 Å². The van der Waals surface area contributed by atoms with Crippen molar-refractivity contribution in [3.8, 4) is 0 Å². The van der Waals surface area contributed by atoms with Gasteiger partial charge in [-0.05, 0) is 12.5 Å². The van der Waals surface area contributed by atoms with Crippen molar-refractivity contribution in [2.75, 3.05) is 13.2 Å². The van der Waals surface area contributed by atoms with Crippen LogP contribution in [-0.2, 0) is 23.1 Å². The van der Waals surface area contributed by atoms with Gasteiger partial charge in [0.2, 0.25) is 0 Å². The lowest BCUT2D eigenvalue weighted by Crippen LogP contribution is -2.50. The monoisotopic (exact) mass is 349 g/mol. The molecule has 0 unspecified atom stereocenters. The van der Waals surface area contributed by atoms with Crippen LogP contribution in [0.4, 0.5) is 0 Å². The summed E-state index contributed by atoms with van der Waals surface area (Å²) >= 11 is 1.52. The van der Waals surface area contributed by atoms with Crippen LogP contribution in [-0.4, -0.2) is 40.8 Å². The van der Waals surface area contributed by atoms with Gasteiger partial charge in [-0.25, -0.2) is 4.98 Å². The molecular weight excluding hydrogens is 330 g/mol. The lowest BCUT2D eigenvalue weighted by molar-refractivity contribution is -0.0611. The van der Waals surface area contributed by atoms with Crippen molar-refractivity contribution in [1.82, 2.24) is 14.9 Å². The Morgan fingerprint density at radius 3 is 3.21 bits per heavy atom. The molecule has 24 heavy (non-hydrogen) atoms. The molecule has 8 heteroatoms. The Bertz CT molecular complexity index is 744. The zero-order chi connectivity index (χ0) is 16.9. The lowest BCUT2D eigenvalue weighted by atomic mass is 10.1. The molecule has 0 spiro atoms. The first-order valence-corrected chi connectivity index (χ1v) is 8.62. The van der Waals surface area contributed by atoms with Gasteiger partial charge in [-0.3, -0.25) is 9.59 Å². The Kier molecular flexibility index (Phi) is 5.39. The number of hydrogen-bond acceptors (Lipinski definition) is 6. The van der Waals surface area contributed by atoms with E-state index in [4.69, 9.17) is 9.47 Å². The molecule has 0 radical (unpaired) electrons. The van der Waals surface area contributed by atoms with E-state index in [1.165, 1.54) is 22.0 Å². The highest BCUT2D eigenvalue weighted by Gasteiger charge is 2.28. The molecule has 128 valence electrons. The molecule has 0 saturated carbocycles. The van der Waals surface area contributed by atoms with Crippen molar-refractivity contribution in [3.63, 3.8) is 0 Å². The molecule has 1 saturated heterocycles. The van der Waals surface area contributed by atoms with E-state index >= 15 is 0 Å². The van der Waals surface area contributed by atoms with Crippen LogP contribution in [0.1, 0.15) is 22.5 Å². The molecule has 3 heterocycles. The van der Waals surface area contributed by atoms with E-state index in [1.807, 2.05) is 5.38 Å². The third-order valence-electron chi connectivity index (χ3n) is 3.90. The number of carbonyl (C=O) groups excluding carboxylic acids is 1. The van der Waals surface area contributed by atoms with Gasteiger partial charge in [0, 0.05) is 36.9 Å². The molecular formula is C16H19N3O4S. The first-order chi connectivity index (χ1) is 11.6. The maximum atomic E-state index is 12.4. The molecule has 2 aromatic heterocycles. The number of nitrogens with zero attached hydrogens (tertiary/aromatic N) is 2. The fourth-order valence-corrected chi connectivity index (χ4v) is 3.04. The Hall–Kier alpha value is -2.03. The predicted octanol–water partition coefficient (Wildman–Crippen LogP) is 0.946. The van der Waals surface area contributed by atoms with E-state index in [-0.39, 0.29) is 23.6 Å². The molecule has 2 aromatic rings. The molecule has 7 nitrogen and oxygen atoms in total. The van der Waals surface area contributed by atoms with Crippen LogP contribution < -0.4 is 10.9 Å². The molecule has 1 aliphatic heterocycles. The van der Waals surface area contributed by atoms with Gasteiger partial charge in [0.1, 0.15) is 0 Å².